The Kier molecular flexibility index (Phi) is 5.19. The van der Waals surface area contributed by atoms with Crippen LogP contribution in [-0.2, 0) is 14.3 Å². The van der Waals surface area contributed by atoms with Gasteiger partial charge in [0, 0.05) is 25.7 Å². The van der Waals surface area contributed by atoms with Crippen LogP contribution in [0.15, 0.2) is 0 Å². The molecule has 0 radical (unpaired) electrons. The van der Waals surface area contributed by atoms with E-state index in [2.05, 4.69) is 5.32 Å². The molecule has 1 amide bonds. The van der Waals surface area contributed by atoms with Crippen LogP contribution < -0.4 is 5.32 Å². The Morgan fingerprint density at radius 2 is 1.79 bits per heavy atom. The largest absolute Gasteiger partial charge is 0.481 e. The summed E-state index contributed by atoms with van der Waals surface area (Å²) in [5, 5.41) is 12.0. The van der Waals surface area contributed by atoms with Crippen molar-refractivity contribution in [2.45, 2.75) is 38.5 Å². The SMILES string of the molecule is O=C(O)C1CCCC(C(=O)NCC2CCOCC2)C1. The third-order valence-corrected chi connectivity index (χ3v) is 4.30. The van der Waals surface area contributed by atoms with Gasteiger partial charge in [-0.3, -0.25) is 9.59 Å². The van der Waals surface area contributed by atoms with Crippen LogP contribution in [0.25, 0.3) is 0 Å². The van der Waals surface area contributed by atoms with Crippen molar-refractivity contribution in [3.63, 3.8) is 0 Å². The van der Waals surface area contributed by atoms with Crippen molar-refractivity contribution in [3.8, 4) is 0 Å². The number of carboxylic acid groups (broad SMARTS) is 1. The first kappa shape index (κ1) is 14.3. The molecule has 108 valence electrons. The number of carboxylic acids is 1. The Morgan fingerprint density at radius 1 is 1.11 bits per heavy atom. The second kappa shape index (κ2) is 6.89. The van der Waals surface area contributed by atoms with Gasteiger partial charge in [0.1, 0.15) is 0 Å². The first-order valence-electron chi connectivity index (χ1n) is 7.25. The maximum absolute atomic E-state index is 12.1. The summed E-state index contributed by atoms with van der Waals surface area (Å²) in [6, 6.07) is 0. The lowest BCUT2D eigenvalue weighted by molar-refractivity contribution is -0.144. The molecule has 2 atom stereocenters. The highest BCUT2D eigenvalue weighted by molar-refractivity contribution is 5.80. The molecule has 1 aliphatic carbocycles. The number of carbonyl (C=O) groups is 2. The third-order valence-electron chi connectivity index (χ3n) is 4.30. The fraction of sp³-hybridized carbons (Fsp3) is 0.857. The van der Waals surface area contributed by atoms with E-state index in [1.165, 1.54) is 0 Å². The van der Waals surface area contributed by atoms with E-state index in [0.717, 1.165) is 38.9 Å². The fourth-order valence-electron chi connectivity index (χ4n) is 2.99. The summed E-state index contributed by atoms with van der Waals surface area (Å²) < 4.78 is 5.29. The number of hydrogen-bond donors (Lipinski definition) is 2. The number of aliphatic carboxylic acids is 1. The highest BCUT2D eigenvalue weighted by atomic mass is 16.5. The molecule has 0 bridgehead atoms. The van der Waals surface area contributed by atoms with E-state index >= 15 is 0 Å². The molecule has 1 aliphatic heterocycles. The molecule has 19 heavy (non-hydrogen) atoms. The molecule has 5 heteroatoms. The van der Waals surface area contributed by atoms with E-state index in [1.807, 2.05) is 0 Å². The van der Waals surface area contributed by atoms with E-state index in [0.29, 0.717) is 25.3 Å². The van der Waals surface area contributed by atoms with Gasteiger partial charge in [-0.15, -0.1) is 0 Å². The van der Waals surface area contributed by atoms with E-state index in [9.17, 15) is 9.59 Å². The minimum Gasteiger partial charge on any atom is -0.481 e. The first-order chi connectivity index (χ1) is 9.16. The van der Waals surface area contributed by atoms with E-state index in [4.69, 9.17) is 9.84 Å². The van der Waals surface area contributed by atoms with Crippen molar-refractivity contribution in [1.82, 2.24) is 5.32 Å². The third kappa shape index (κ3) is 4.20. The van der Waals surface area contributed by atoms with Crippen LogP contribution in [0.3, 0.4) is 0 Å². The average molecular weight is 269 g/mol. The van der Waals surface area contributed by atoms with Crippen molar-refractivity contribution in [3.05, 3.63) is 0 Å². The number of rotatable bonds is 4. The summed E-state index contributed by atoms with van der Waals surface area (Å²) >= 11 is 0. The zero-order valence-electron chi connectivity index (χ0n) is 11.3. The summed E-state index contributed by atoms with van der Waals surface area (Å²) in [5.41, 5.74) is 0. The van der Waals surface area contributed by atoms with Crippen LogP contribution in [0.5, 0.6) is 0 Å². The topological polar surface area (TPSA) is 75.6 Å². The van der Waals surface area contributed by atoms with Gasteiger partial charge in [-0.2, -0.15) is 0 Å². The smallest absolute Gasteiger partial charge is 0.306 e. The van der Waals surface area contributed by atoms with Crippen molar-refractivity contribution < 1.29 is 19.4 Å². The highest BCUT2D eigenvalue weighted by Crippen LogP contribution is 2.29. The van der Waals surface area contributed by atoms with Gasteiger partial charge in [0.2, 0.25) is 5.91 Å². The van der Waals surface area contributed by atoms with Crippen LogP contribution in [0.4, 0.5) is 0 Å². The molecule has 2 unspecified atom stereocenters. The molecule has 2 fully saturated rings. The van der Waals surface area contributed by atoms with Crippen LogP contribution in [0, 0.1) is 17.8 Å². The second-order valence-corrected chi connectivity index (χ2v) is 5.70. The molecule has 2 N–H and O–H groups in total. The fourth-order valence-corrected chi connectivity index (χ4v) is 2.99. The molecule has 1 saturated carbocycles. The minimum absolute atomic E-state index is 0.0393. The normalized spacial score (nSPS) is 28.8. The molecule has 0 aromatic heterocycles. The van der Waals surface area contributed by atoms with Crippen LogP contribution in [0.2, 0.25) is 0 Å². The molecule has 2 aliphatic rings. The van der Waals surface area contributed by atoms with Gasteiger partial charge < -0.3 is 15.2 Å². The zero-order valence-corrected chi connectivity index (χ0v) is 11.3. The van der Waals surface area contributed by atoms with Gasteiger partial charge in [0.05, 0.1) is 5.92 Å². The molecule has 1 heterocycles. The van der Waals surface area contributed by atoms with Gasteiger partial charge in [0.15, 0.2) is 0 Å². The lowest BCUT2D eigenvalue weighted by Gasteiger charge is -2.27. The van der Waals surface area contributed by atoms with Gasteiger partial charge >= 0.3 is 5.97 Å². The molecule has 0 aromatic carbocycles. The van der Waals surface area contributed by atoms with Gasteiger partial charge in [-0.25, -0.2) is 0 Å². The summed E-state index contributed by atoms with van der Waals surface area (Å²) in [7, 11) is 0. The number of ether oxygens (including phenoxy) is 1. The quantitative estimate of drug-likeness (QED) is 0.809. The van der Waals surface area contributed by atoms with Crippen molar-refractivity contribution >= 4 is 11.9 Å². The maximum atomic E-state index is 12.1. The Hall–Kier alpha value is -1.10. The summed E-state index contributed by atoms with van der Waals surface area (Å²) in [5.74, 6) is -0.668. The summed E-state index contributed by atoms with van der Waals surface area (Å²) in [4.78, 5) is 23.1. The monoisotopic (exact) mass is 269 g/mol. The van der Waals surface area contributed by atoms with Crippen molar-refractivity contribution in [2.75, 3.05) is 19.8 Å². The standard InChI is InChI=1S/C14H23NO4/c16-13(15-9-10-4-6-19-7-5-10)11-2-1-3-12(8-11)14(17)18/h10-12H,1-9H2,(H,15,16)(H,17,18). The van der Waals surface area contributed by atoms with E-state index < -0.39 is 5.97 Å². The Morgan fingerprint density at radius 3 is 2.47 bits per heavy atom. The van der Waals surface area contributed by atoms with E-state index in [-0.39, 0.29) is 17.7 Å². The molecule has 2 rings (SSSR count). The van der Waals surface area contributed by atoms with Crippen LogP contribution in [-0.4, -0.2) is 36.7 Å². The summed E-state index contributed by atoms with van der Waals surface area (Å²) in [6.45, 7) is 2.27. The lowest BCUT2D eigenvalue weighted by Crippen LogP contribution is -2.38. The van der Waals surface area contributed by atoms with Crippen LogP contribution in [0.1, 0.15) is 38.5 Å². The maximum Gasteiger partial charge on any atom is 0.306 e. The molecule has 0 aromatic rings. The number of amides is 1. The Balaban J connectivity index is 1.74. The molecular formula is C14H23NO4. The van der Waals surface area contributed by atoms with Crippen molar-refractivity contribution in [2.24, 2.45) is 17.8 Å². The number of hydrogen-bond acceptors (Lipinski definition) is 3. The Labute approximate surface area is 113 Å². The van der Waals surface area contributed by atoms with Gasteiger partial charge in [0.25, 0.3) is 0 Å². The predicted molar refractivity (Wildman–Crippen MR) is 69.6 cm³/mol. The first-order valence-corrected chi connectivity index (χ1v) is 7.25. The van der Waals surface area contributed by atoms with Gasteiger partial charge in [-0.05, 0) is 38.0 Å². The van der Waals surface area contributed by atoms with Crippen LogP contribution >= 0.6 is 0 Å². The predicted octanol–water partition coefficient (Wildman–Crippen LogP) is 1.42. The second-order valence-electron chi connectivity index (χ2n) is 5.70. The molecule has 5 nitrogen and oxygen atoms in total. The number of carbonyl (C=O) groups excluding carboxylic acids is 1. The lowest BCUT2D eigenvalue weighted by atomic mass is 9.81. The highest BCUT2D eigenvalue weighted by Gasteiger charge is 2.31. The molecule has 0 spiro atoms. The summed E-state index contributed by atoms with van der Waals surface area (Å²) in [6.07, 6.45) is 4.87. The average Bonchev–Trinajstić information content (AvgIpc) is 2.46. The van der Waals surface area contributed by atoms with Crippen molar-refractivity contribution in [1.29, 1.82) is 0 Å². The van der Waals surface area contributed by atoms with Gasteiger partial charge in [-0.1, -0.05) is 6.42 Å². The molecular weight excluding hydrogens is 246 g/mol. The molecule has 1 saturated heterocycles. The number of nitrogens with one attached hydrogen (secondary N) is 1. The van der Waals surface area contributed by atoms with E-state index in [1.54, 1.807) is 0 Å². The Bertz CT molecular complexity index is 325. The zero-order chi connectivity index (χ0) is 13.7. The minimum atomic E-state index is -0.762.